The Morgan fingerprint density at radius 1 is 1.07 bits per heavy atom. The largest absolute Gasteiger partial charge is 0.452 e. The van der Waals surface area contributed by atoms with Crippen molar-refractivity contribution in [2.24, 2.45) is 0 Å². The fourth-order valence-electron chi connectivity index (χ4n) is 3.38. The summed E-state index contributed by atoms with van der Waals surface area (Å²) in [6, 6.07) is 20.4. The Morgan fingerprint density at radius 2 is 1.85 bits per heavy atom. The van der Waals surface area contributed by atoms with Crippen LogP contribution in [0.3, 0.4) is 0 Å². The Labute approximate surface area is 169 Å². The molecule has 0 radical (unpaired) electrons. The van der Waals surface area contributed by atoms with E-state index in [1.165, 1.54) is 0 Å². The van der Waals surface area contributed by atoms with E-state index in [-0.39, 0.29) is 18.1 Å². The summed E-state index contributed by atoms with van der Waals surface area (Å²) in [6.45, 7) is 4.29. The summed E-state index contributed by atoms with van der Waals surface area (Å²) >= 11 is 7.24. The fourth-order valence-corrected chi connectivity index (χ4v) is 4.63. The van der Waals surface area contributed by atoms with Gasteiger partial charge in [-0.3, -0.25) is 4.98 Å². The van der Waals surface area contributed by atoms with E-state index in [0.717, 1.165) is 26.6 Å². The van der Waals surface area contributed by atoms with Gasteiger partial charge in [0.15, 0.2) is 10.2 Å². The third kappa shape index (κ3) is 3.73. The first kappa shape index (κ1) is 18.1. The van der Waals surface area contributed by atoms with Gasteiger partial charge in [-0.2, -0.15) is 0 Å². The molecule has 6 heteroatoms. The summed E-state index contributed by atoms with van der Waals surface area (Å²) < 4.78 is 6.25. The van der Waals surface area contributed by atoms with Crippen LogP contribution in [0.5, 0.6) is 0 Å². The lowest BCUT2D eigenvalue weighted by Gasteiger charge is -2.29. The van der Waals surface area contributed by atoms with E-state index in [4.69, 9.17) is 16.6 Å². The predicted octanol–water partition coefficient (Wildman–Crippen LogP) is 5.21. The predicted molar refractivity (Wildman–Crippen MR) is 112 cm³/mol. The van der Waals surface area contributed by atoms with Gasteiger partial charge in [0.25, 0.3) is 0 Å². The first-order valence-corrected chi connectivity index (χ1v) is 10.2. The first-order chi connectivity index (χ1) is 13.1. The number of nitrogens with zero attached hydrogens (tertiary/aromatic N) is 2. The van der Waals surface area contributed by atoms with Crippen molar-refractivity contribution in [1.82, 2.24) is 15.2 Å². The van der Waals surface area contributed by atoms with Crippen LogP contribution >= 0.6 is 24.0 Å². The highest BCUT2D eigenvalue weighted by atomic mass is 32.2. The Morgan fingerprint density at radius 3 is 2.56 bits per heavy atom. The van der Waals surface area contributed by atoms with Crippen LogP contribution in [0.15, 0.2) is 81.3 Å². The molecule has 2 aromatic heterocycles. The van der Waals surface area contributed by atoms with Crippen molar-refractivity contribution in [1.29, 1.82) is 0 Å². The molecule has 138 valence electrons. The lowest BCUT2D eigenvalue weighted by molar-refractivity contribution is 0.227. The van der Waals surface area contributed by atoms with Gasteiger partial charge in [0.05, 0.1) is 11.7 Å². The molecule has 1 N–H and O–H groups in total. The third-order valence-electron chi connectivity index (χ3n) is 4.55. The van der Waals surface area contributed by atoms with E-state index in [0.29, 0.717) is 0 Å². The molecular formula is C21H21N3OS2. The van der Waals surface area contributed by atoms with Gasteiger partial charge >= 0.3 is 0 Å². The molecule has 1 aromatic carbocycles. The number of hydrogen-bond donors (Lipinski definition) is 1. The number of pyridine rings is 1. The average Bonchev–Trinajstić information content (AvgIpc) is 3.27. The monoisotopic (exact) mass is 395 g/mol. The van der Waals surface area contributed by atoms with Crippen LogP contribution in [0.4, 0.5) is 0 Å². The quantitative estimate of drug-likeness (QED) is 0.598. The first-order valence-electron chi connectivity index (χ1n) is 8.96. The highest BCUT2D eigenvalue weighted by molar-refractivity contribution is 7.99. The summed E-state index contributed by atoms with van der Waals surface area (Å²) in [4.78, 5) is 7.90. The highest BCUT2D eigenvalue weighted by Crippen LogP contribution is 2.42. The average molecular weight is 396 g/mol. The number of hydrogen-bond acceptors (Lipinski definition) is 4. The smallest absolute Gasteiger partial charge is 0.170 e. The van der Waals surface area contributed by atoms with Crippen molar-refractivity contribution >= 4 is 29.1 Å². The zero-order valence-electron chi connectivity index (χ0n) is 15.2. The second kappa shape index (κ2) is 7.74. The van der Waals surface area contributed by atoms with Gasteiger partial charge in [0, 0.05) is 17.1 Å². The van der Waals surface area contributed by atoms with Crippen LogP contribution in [0.1, 0.15) is 37.4 Å². The summed E-state index contributed by atoms with van der Waals surface area (Å²) in [6.07, 6.45) is 1.81. The van der Waals surface area contributed by atoms with Crippen LogP contribution in [-0.4, -0.2) is 21.0 Å². The number of thiocarbonyl (C=S) groups is 1. The second-order valence-electron chi connectivity index (χ2n) is 6.70. The number of nitrogens with one attached hydrogen (secondary N) is 1. The Kier molecular flexibility index (Phi) is 5.18. The zero-order valence-corrected chi connectivity index (χ0v) is 16.8. The molecule has 0 saturated carbocycles. The molecule has 3 aromatic rings. The van der Waals surface area contributed by atoms with Gasteiger partial charge in [-0.15, -0.1) is 0 Å². The molecule has 1 aliphatic rings. The summed E-state index contributed by atoms with van der Waals surface area (Å²) in [5.74, 6) is 0.894. The van der Waals surface area contributed by atoms with Crippen LogP contribution in [0.2, 0.25) is 0 Å². The van der Waals surface area contributed by atoms with Gasteiger partial charge in [-0.25, -0.2) is 0 Å². The summed E-state index contributed by atoms with van der Waals surface area (Å²) in [5, 5.41) is 5.05. The number of benzene rings is 1. The molecule has 4 nitrogen and oxygen atoms in total. The normalized spacial score (nSPS) is 19.5. The molecule has 1 saturated heterocycles. The van der Waals surface area contributed by atoms with Gasteiger partial charge < -0.3 is 14.6 Å². The number of rotatable bonds is 5. The Bertz CT molecular complexity index is 911. The van der Waals surface area contributed by atoms with Gasteiger partial charge in [0.1, 0.15) is 11.8 Å². The van der Waals surface area contributed by atoms with Crippen molar-refractivity contribution < 1.29 is 4.42 Å². The van der Waals surface area contributed by atoms with E-state index >= 15 is 0 Å². The molecule has 1 fully saturated rings. The lowest BCUT2D eigenvalue weighted by atomic mass is 10.0. The highest BCUT2D eigenvalue weighted by Gasteiger charge is 2.42. The molecule has 0 unspecified atom stereocenters. The van der Waals surface area contributed by atoms with E-state index in [2.05, 4.69) is 47.2 Å². The van der Waals surface area contributed by atoms with Crippen molar-refractivity contribution in [2.45, 2.75) is 42.0 Å². The molecule has 2 atom stereocenters. The Balaban J connectivity index is 1.66. The number of aromatic nitrogens is 1. The van der Waals surface area contributed by atoms with Crippen LogP contribution in [0, 0.1) is 0 Å². The third-order valence-corrected chi connectivity index (χ3v) is 5.80. The minimum Gasteiger partial charge on any atom is -0.452 e. The SMILES string of the molecule is CC(C)N1C(=S)N[C@H](c2ccccn2)[C@@H]1c1ccc(Sc2ccccc2)o1. The maximum absolute atomic E-state index is 6.25. The Hall–Kier alpha value is -2.31. The van der Waals surface area contributed by atoms with E-state index < -0.39 is 0 Å². The molecule has 27 heavy (non-hydrogen) atoms. The van der Waals surface area contributed by atoms with Gasteiger partial charge in [-0.05, 0) is 62.5 Å². The van der Waals surface area contributed by atoms with Gasteiger partial charge in [0.2, 0.25) is 0 Å². The van der Waals surface area contributed by atoms with Crippen LogP contribution in [-0.2, 0) is 0 Å². The van der Waals surface area contributed by atoms with Crippen molar-refractivity contribution in [2.75, 3.05) is 0 Å². The summed E-state index contributed by atoms with van der Waals surface area (Å²) in [5.41, 5.74) is 0.960. The minimum atomic E-state index is -0.0400. The van der Waals surface area contributed by atoms with E-state index in [1.54, 1.807) is 11.8 Å². The molecule has 4 rings (SSSR count). The topological polar surface area (TPSA) is 41.3 Å². The standard InChI is InChI=1S/C21H21N3OS2/c1-14(2)24-20(19(23-21(24)26)16-10-6-7-13-22-16)17-11-12-18(25-17)27-15-8-4-3-5-9-15/h3-14,19-20H,1-2H3,(H,23,26)/t19-,20+/m1/s1. The van der Waals surface area contributed by atoms with Crippen molar-refractivity contribution in [3.63, 3.8) is 0 Å². The van der Waals surface area contributed by atoms with Crippen molar-refractivity contribution in [3.05, 3.63) is 78.3 Å². The molecule has 0 spiro atoms. The van der Waals surface area contributed by atoms with Gasteiger partial charge in [-0.1, -0.05) is 36.0 Å². The summed E-state index contributed by atoms with van der Waals surface area (Å²) in [7, 11) is 0. The second-order valence-corrected chi connectivity index (χ2v) is 8.16. The lowest BCUT2D eigenvalue weighted by Crippen LogP contribution is -2.35. The van der Waals surface area contributed by atoms with E-state index in [1.807, 2.05) is 48.7 Å². The maximum Gasteiger partial charge on any atom is 0.170 e. The molecule has 3 heterocycles. The molecule has 0 amide bonds. The fraction of sp³-hybridized carbons (Fsp3) is 0.238. The van der Waals surface area contributed by atoms with E-state index in [9.17, 15) is 0 Å². The number of furan rings is 1. The molecule has 1 aliphatic heterocycles. The molecule has 0 aliphatic carbocycles. The van der Waals surface area contributed by atoms with Crippen molar-refractivity contribution in [3.8, 4) is 0 Å². The zero-order chi connectivity index (χ0) is 18.8. The maximum atomic E-state index is 6.25. The molecule has 0 bridgehead atoms. The van der Waals surface area contributed by atoms with Crippen LogP contribution in [0.25, 0.3) is 0 Å². The minimum absolute atomic E-state index is 0.0301. The van der Waals surface area contributed by atoms with Crippen LogP contribution < -0.4 is 5.32 Å². The molecular weight excluding hydrogens is 374 g/mol.